The molecule has 3 rings (SSSR count). The number of halogens is 1. The smallest absolute Gasteiger partial charge is 0.277 e. The van der Waals surface area contributed by atoms with Crippen LogP contribution >= 0.6 is 15.9 Å². The molecule has 138 valence electrons. The topological polar surface area (TPSA) is 50.7 Å². The van der Waals surface area contributed by atoms with Crippen LogP contribution in [-0.2, 0) is 4.79 Å². The van der Waals surface area contributed by atoms with Gasteiger partial charge in [0.2, 0.25) is 0 Å². The minimum absolute atomic E-state index is 0.111. The van der Waals surface area contributed by atoms with Gasteiger partial charge in [-0.2, -0.15) is 5.10 Å². The summed E-state index contributed by atoms with van der Waals surface area (Å²) in [6, 6.07) is 16.0. The summed E-state index contributed by atoms with van der Waals surface area (Å²) in [6.07, 6.45) is 1.67. The molecule has 0 aromatic heterocycles. The summed E-state index contributed by atoms with van der Waals surface area (Å²) in [5, 5.41) is 6.21. The number of aryl methyl sites for hydroxylation is 3. The fourth-order valence-electron chi connectivity index (χ4n) is 3.06. The number of fused-ring (bicyclic) bond motifs is 1. The highest BCUT2D eigenvalue weighted by Gasteiger charge is 2.08. The zero-order chi connectivity index (χ0) is 19.4. The Hall–Kier alpha value is -2.66. The van der Waals surface area contributed by atoms with Gasteiger partial charge >= 0.3 is 0 Å². The van der Waals surface area contributed by atoms with Crippen molar-refractivity contribution in [3.63, 3.8) is 0 Å². The van der Waals surface area contributed by atoms with E-state index < -0.39 is 0 Å². The van der Waals surface area contributed by atoms with E-state index in [2.05, 4.69) is 45.5 Å². The molecule has 0 atom stereocenters. The van der Waals surface area contributed by atoms with Crippen LogP contribution in [0, 0.1) is 20.8 Å². The molecule has 3 aromatic rings. The third-order valence-corrected chi connectivity index (χ3v) is 5.13. The summed E-state index contributed by atoms with van der Waals surface area (Å²) in [6.45, 7) is 6.01. The van der Waals surface area contributed by atoms with Gasteiger partial charge in [-0.1, -0.05) is 48.0 Å². The summed E-state index contributed by atoms with van der Waals surface area (Å²) >= 11 is 3.55. The van der Waals surface area contributed by atoms with Crippen LogP contribution in [0.15, 0.2) is 58.1 Å². The van der Waals surface area contributed by atoms with E-state index in [0.717, 1.165) is 31.9 Å². The van der Waals surface area contributed by atoms with E-state index in [1.165, 1.54) is 5.56 Å². The number of carbonyl (C=O) groups is 1. The quantitative estimate of drug-likeness (QED) is 0.459. The van der Waals surface area contributed by atoms with Crippen molar-refractivity contribution in [3.05, 3.63) is 75.3 Å². The second-order valence-electron chi connectivity index (χ2n) is 6.49. The molecule has 1 amide bonds. The van der Waals surface area contributed by atoms with Crippen LogP contribution in [0.3, 0.4) is 0 Å². The van der Waals surface area contributed by atoms with E-state index in [-0.39, 0.29) is 12.5 Å². The third-order valence-electron chi connectivity index (χ3n) is 4.31. The maximum absolute atomic E-state index is 12.0. The molecule has 0 unspecified atom stereocenters. The number of nitrogens with one attached hydrogen (secondary N) is 1. The molecule has 1 N–H and O–H groups in total. The van der Waals surface area contributed by atoms with Crippen LogP contribution in [0.25, 0.3) is 10.8 Å². The summed E-state index contributed by atoms with van der Waals surface area (Å²) in [5.74, 6) is 0.312. The SMILES string of the molecule is Cc1cc(C)c(/C=N/NC(=O)COc2ccc3ccccc3c2Br)c(C)c1. The number of rotatable bonds is 5. The van der Waals surface area contributed by atoms with Gasteiger partial charge in [-0.15, -0.1) is 0 Å². The zero-order valence-electron chi connectivity index (χ0n) is 15.5. The Balaban J connectivity index is 1.61. The van der Waals surface area contributed by atoms with Crippen molar-refractivity contribution in [2.24, 2.45) is 5.10 Å². The molecule has 0 saturated carbocycles. The highest BCUT2D eigenvalue weighted by atomic mass is 79.9. The molecular weight excluding hydrogens is 404 g/mol. The Labute approximate surface area is 167 Å². The lowest BCUT2D eigenvalue weighted by Crippen LogP contribution is -2.24. The molecule has 4 nitrogen and oxygen atoms in total. The maximum atomic E-state index is 12.0. The van der Waals surface area contributed by atoms with Gasteiger partial charge < -0.3 is 4.74 Å². The van der Waals surface area contributed by atoms with Crippen LogP contribution in [0.1, 0.15) is 22.3 Å². The monoisotopic (exact) mass is 424 g/mol. The van der Waals surface area contributed by atoms with Gasteiger partial charge in [-0.25, -0.2) is 5.43 Å². The van der Waals surface area contributed by atoms with Crippen molar-refractivity contribution in [2.75, 3.05) is 6.61 Å². The van der Waals surface area contributed by atoms with Gasteiger partial charge in [-0.05, 0) is 64.7 Å². The average Bonchev–Trinajstić information content (AvgIpc) is 2.63. The highest BCUT2D eigenvalue weighted by Crippen LogP contribution is 2.32. The summed E-state index contributed by atoms with van der Waals surface area (Å²) < 4.78 is 6.48. The van der Waals surface area contributed by atoms with Crippen LogP contribution < -0.4 is 10.2 Å². The summed E-state index contributed by atoms with van der Waals surface area (Å²) in [4.78, 5) is 12.0. The first kappa shape index (κ1) is 19.1. The van der Waals surface area contributed by atoms with Crippen molar-refractivity contribution >= 4 is 38.8 Å². The molecule has 0 fully saturated rings. The van der Waals surface area contributed by atoms with Gasteiger partial charge in [0, 0.05) is 5.56 Å². The van der Waals surface area contributed by atoms with Crippen molar-refractivity contribution in [2.45, 2.75) is 20.8 Å². The number of amides is 1. The Morgan fingerprint density at radius 2 is 1.81 bits per heavy atom. The molecule has 0 spiro atoms. The predicted molar refractivity (Wildman–Crippen MR) is 114 cm³/mol. The first-order valence-electron chi connectivity index (χ1n) is 8.65. The number of hydrazone groups is 1. The molecule has 0 aliphatic carbocycles. The van der Waals surface area contributed by atoms with Crippen LogP contribution in [-0.4, -0.2) is 18.7 Å². The molecule has 0 aliphatic heterocycles. The fourth-order valence-corrected chi connectivity index (χ4v) is 3.67. The first-order chi connectivity index (χ1) is 13.0. The zero-order valence-corrected chi connectivity index (χ0v) is 17.1. The van der Waals surface area contributed by atoms with Gasteiger partial charge in [0.15, 0.2) is 6.61 Å². The molecule has 0 aliphatic rings. The van der Waals surface area contributed by atoms with E-state index >= 15 is 0 Å². The lowest BCUT2D eigenvalue weighted by molar-refractivity contribution is -0.123. The molecule has 0 heterocycles. The Kier molecular flexibility index (Phi) is 5.91. The van der Waals surface area contributed by atoms with E-state index in [1.807, 2.05) is 50.2 Å². The largest absolute Gasteiger partial charge is 0.483 e. The highest BCUT2D eigenvalue weighted by molar-refractivity contribution is 9.10. The fraction of sp³-hybridized carbons (Fsp3) is 0.182. The molecular formula is C22H21BrN2O2. The second kappa shape index (κ2) is 8.35. The normalized spacial score (nSPS) is 11.1. The third kappa shape index (κ3) is 4.55. The molecule has 27 heavy (non-hydrogen) atoms. The Morgan fingerprint density at radius 1 is 1.11 bits per heavy atom. The molecule has 0 saturated heterocycles. The second-order valence-corrected chi connectivity index (χ2v) is 7.29. The number of nitrogens with zero attached hydrogens (tertiary/aromatic N) is 1. The number of ether oxygens (including phenoxy) is 1. The van der Waals surface area contributed by atoms with Crippen LogP contribution in [0.4, 0.5) is 0 Å². The van der Waals surface area contributed by atoms with Gasteiger partial charge in [0.05, 0.1) is 10.7 Å². The standard InChI is InChI=1S/C22H21BrN2O2/c1-14-10-15(2)19(16(3)11-14)12-24-25-21(26)13-27-20-9-8-17-6-4-5-7-18(17)22(20)23/h4-12H,13H2,1-3H3,(H,25,26)/b24-12+. The van der Waals surface area contributed by atoms with Gasteiger partial charge in [0.25, 0.3) is 5.91 Å². The van der Waals surface area contributed by atoms with E-state index in [9.17, 15) is 4.79 Å². The number of hydrogen-bond donors (Lipinski definition) is 1. The minimum Gasteiger partial charge on any atom is -0.483 e. The first-order valence-corrected chi connectivity index (χ1v) is 9.45. The van der Waals surface area contributed by atoms with E-state index in [4.69, 9.17) is 4.74 Å². The number of hydrogen-bond acceptors (Lipinski definition) is 3. The maximum Gasteiger partial charge on any atom is 0.277 e. The predicted octanol–water partition coefficient (Wildman–Crippen LogP) is 5.06. The Morgan fingerprint density at radius 3 is 2.56 bits per heavy atom. The number of benzene rings is 3. The summed E-state index contributed by atoms with van der Waals surface area (Å²) in [7, 11) is 0. The molecule has 0 radical (unpaired) electrons. The van der Waals surface area contributed by atoms with Gasteiger partial charge in [0.1, 0.15) is 5.75 Å². The van der Waals surface area contributed by atoms with Crippen LogP contribution in [0.2, 0.25) is 0 Å². The van der Waals surface area contributed by atoms with E-state index in [1.54, 1.807) is 6.21 Å². The van der Waals surface area contributed by atoms with Crippen molar-refractivity contribution < 1.29 is 9.53 Å². The van der Waals surface area contributed by atoms with Crippen molar-refractivity contribution in [3.8, 4) is 5.75 Å². The lowest BCUT2D eigenvalue weighted by atomic mass is 10.0. The minimum atomic E-state index is -0.311. The van der Waals surface area contributed by atoms with Crippen molar-refractivity contribution in [1.29, 1.82) is 0 Å². The molecule has 3 aromatic carbocycles. The summed E-state index contributed by atoms with van der Waals surface area (Å²) in [5.41, 5.74) is 6.99. The average molecular weight is 425 g/mol. The lowest BCUT2D eigenvalue weighted by Gasteiger charge is -2.10. The van der Waals surface area contributed by atoms with Crippen LogP contribution in [0.5, 0.6) is 5.75 Å². The van der Waals surface area contributed by atoms with Crippen molar-refractivity contribution in [1.82, 2.24) is 5.43 Å². The Bertz CT molecular complexity index is 1000. The van der Waals surface area contributed by atoms with Gasteiger partial charge in [-0.3, -0.25) is 4.79 Å². The molecule has 0 bridgehead atoms. The number of carbonyl (C=O) groups excluding carboxylic acids is 1. The molecule has 5 heteroatoms. The van der Waals surface area contributed by atoms with E-state index in [0.29, 0.717) is 5.75 Å².